The molecule has 1 aromatic heterocycles. The number of nitrogens with two attached hydrogens (primary N) is 1. The molecule has 0 spiro atoms. The standard InChI is InChI=1S/C16H21N3O/c1-4-12-5-7-13(8-6-12)11(2)18-16(20)15-9-14(17)10-19(15)3/h5-11H,4,17H2,1-3H3,(H,18,20). The van der Waals surface area contributed by atoms with Crippen LogP contribution < -0.4 is 11.1 Å². The van der Waals surface area contributed by atoms with E-state index in [1.807, 2.05) is 14.0 Å². The fraction of sp³-hybridized carbons (Fsp3) is 0.312. The van der Waals surface area contributed by atoms with E-state index in [0.717, 1.165) is 12.0 Å². The summed E-state index contributed by atoms with van der Waals surface area (Å²) in [4.78, 5) is 12.2. The van der Waals surface area contributed by atoms with Gasteiger partial charge < -0.3 is 15.6 Å². The Bertz CT molecular complexity index is 599. The maximum atomic E-state index is 12.2. The molecule has 0 aliphatic carbocycles. The van der Waals surface area contributed by atoms with Crippen molar-refractivity contribution >= 4 is 11.6 Å². The predicted molar refractivity (Wildman–Crippen MR) is 81.5 cm³/mol. The average molecular weight is 271 g/mol. The lowest BCUT2D eigenvalue weighted by Gasteiger charge is -2.15. The summed E-state index contributed by atoms with van der Waals surface area (Å²) in [5.41, 5.74) is 9.24. The van der Waals surface area contributed by atoms with Crippen molar-refractivity contribution in [2.75, 3.05) is 5.73 Å². The first-order valence-corrected chi connectivity index (χ1v) is 6.82. The van der Waals surface area contributed by atoms with E-state index in [2.05, 4.69) is 36.5 Å². The van der Waals surface area contributed by atoms with Crippen molar-refractivity contribution in [1.29, 1.82) is 0 Å². The van der Waals surface area contributed by atoms with Crippen molar-refractivity contribution in [2.24, 2.45) is 7.05 Å². The summed E-state index contributed by atoms with van der Waals surface area (Å²) < 4.78 is 1.73. The summed E-state index contributed by atoms with van der Waals surface area (Å²) in [6.07, 6.45) is 2.75. The fourth-order valence-electron chi connectivity index (χ4n) is 2.21. The van der Waals surface area contributed by atoms with Crippen LogP contribution in [0.25, 0.3) is 0 Å². The fourth-order valence-corrected chi connectivity index (χ4v) is 2.21. The molecular formula is C16H21N3O. The van der Waals surface area contributed by atoms with Gasteiger partial charge in [-0.15, -0.1) is 0 Å². The minimum Gasteiger partial charge on any atom is -0.397 e. The summed E-state index contributed by atoms with van der Waals surface area (Å²) >= 11 is 0. The van der Waals surface area contributed by atoms with Gasteiger partial charge in [-0.2, -0.15) is 0 Å². The number of carbonyl (C=O) groups is 1. The molecule has 20 heavy (non-hydrogen) atoms. The highest BCUT2D eigenvalue weighted by molar-refractivity contribution is 5.94. The highest BCUT2D eigenvalue weighted by atomic mass is 16.2. The molecule has 1 unspecified atom stereocenters. The number of hydrogen-bond donors (Lipinski definition) is 2. The summed E-state index contributed by atoms with van der Waals surface area (Å²) in [7, 11) is 1.81. The van der Waals surface area contributed by atoms with Crippen LogP contribution in [0, 0.1) is 0 Å². The van der Waals surface area contributed by atoms with Crippen LogP contribution in [0.3, 0.4) is 0 Å². The van der Waals surface area contributed by atoms with E-state index in [9.17, 15) is 4.79 Å². The Labute approximate surface area is 119 Å². The maximum absolute atomic E-state index is 12.2. The molecule has 0 aliphatic heterocycles. The first kappa shape index (κ1) is 14.2. The molecule has 2 rings (SSSR count). The quantitative estimate of drug-likeness (QED) is 0.898. The number of amides is 1. The summed E-state index contributed by atoms with van der Waals surface area (Å²) in [6, 6.07) is 9.95. The molecular weight excluding hydrogens is 250 g/mol. The van der Waals surface area contributed by atoms with Crippen LogP contribution in [-0.4, -0.2) is 10.5 Å². The number of nitrogens with one attached hydrogen (secondary N) is 1. The van der Waals surface area contributed by atoms with E-state index in [1.165, 1.54) is 5.56 Å². The number of aryl methyl sites for hydroxylation is 2. The number of rotatable bonds is 4. The molecule has 0 radical (unpaired) electrons. The van der Waals surface area contributed by atoms with Crippen molar-refractivity contribution in [2.45, 2.75) is 26.3 Å². The van der Waals surface area contributed by atoms with Crippen LogP contribution in [0.4, 0.5) is 5.69 Å². The van der Waals surface area contributed by atoms with Crippen LogP contribution >= 0.6 is 0 Å². The van der Waals surface area contributed by atoms with Crippen LogP contribution in [0.2, 0.25) is 0 Å². The number of nitrogen functional groups attached to an aromatic ring is 1. The van der Waals surface area contributed by atoms with E-state index >= 15 is 0 Å². The molecule has 4 heteroatoms. The van der Waals surface area contributed by atoms with Gasteiger partial charge in [0.05, 0.1) is 11.7 Å². The second-order valence-corrected chi connectivity index (χ2v) is 5.06. The molecule has 0 aliphatic rings. The van der Waals surface area contributed by atoms with Gasteiger partial charge in [-0.3, -0.25) is 4.79 Å². The number of carbonyl (C=O) groups excluding carboxylic acids is 1. The first-order valence-electron chi connectivity index (χ1n) is 6.82. The lowest BCUT2D eigenvalue weighted by Crippen LogP contribution is -2.28. The minimum atomic E-state index is -0.115. The molecule has 2 aromatic rings. The molecule has 1 aromatic carbocycles. The smallest absolute Gasteiger partial charge is 0.268 e. The number of nitrogens with zero attached hydrogens (tertiary/aromatic N) is 1. The zero-order valence-corrected chi connectivity index (χ0v) is 12.2. The second kappa shape index (κ2) is 5.82. The third kappa shape index (κ3) is 3.02. The lowest BCUT2D eigenvalue weighted by atomic mass is 10.0. The molecule has 0 saturated heterocycles. The van der Waals surface area contributed by atoms with E-state index in [4.69, 9.17) is 5.73 Å². The van der Waals surface area contributed by atoms with Gasteiger partial charge in [-0.05, 0) is 30.5 Å². The van der Waals surface area contributed by atoms with Gasteiger partial charge in [0.15, 0.2) is 0 Å². The van der Waals surface area contributed by atoms with E-state index in [1.54, 1.807) is 16.8 Å². The maximum Gasteiger partial charge on any atom is 0.268 e. The molecule has 1 atom stereocenters. The number of benzene rings is 1. The van der Waals surface area contributed by atoms with Crippen LogP contribution in [0.15, 0.2) is 36.5 Å². The SMILES string of the molecule is CCc1ccc(C(C)NC(=O)c2cc(N)cn2C)cc1. The molecule has 1 amide bonds. The summed E-state index contributed by atoms with van der Waals surface area (Å²) in [5, 5.41) is 2.99. The molecule has 3 N–H and O–H groups in total. The topological polar surface area (TPSA) is 60.1 Å². The normalized spacial score (nSPS) is 12.2. The van der Waals surface area contributed by atoms with Gasteiger partial charge in [0.1, 0.15) is 5.69 Å². The Balaban J connectivity index is 2.08. The monoisotopic (exact) mass is 271 g/mol. The third-order valence-corrected chi connectivity index (χ3v) is 3.49. The van der Waals surface area contributed by atoms with Crippen LogP contribution in [0.1, 0.15) is 41.5 Å². The second-order valence-electron chi connectivity index (χ2n) is 5.06. The number of aromatic nitrogens is 1. The lowest BCUT2D eigenvalue weighted by molar-refractivity contribution is 0.0931. The number of hydrogen-bond acceptors (Lipinski definition) is 2. The predicted octanol–water partition coefficient (Wildman–Crippen LogP) is 2.66. The average Bonchev–Trinajstić information content (AvgIpc) is 2.78. The van der Waals surface area contributed by atoms with Crippen molar-refractivity contribution in [3.63, 3.8) is 0 Å². The number of anilines is 1. The third-order valence-electron chi connectivity index (χ3n) is 3.49. The van der Waals surface area contributed by atoms with E-state index in [0.29, 0.717) is 11.4 Å². The summed E-state index contributed by atoms with van der Waals surface area (Å²) in [5.74, 6) is -0.115. The van der Waals surface area contributed by atoms with E-state index in [-0.39, 0.29) is 11.9 Å². The largest absolute Gasteiger partial charge is 0.397 e. The minimum absolute atomic E-state index is 0.0375. The van der Waals surface area contributed by atoms with Gasteiger partial charge in [0.2, 0.25) is 0 Å². The van der Waals surface area contributed by atoms with Crippen LogP contribution in [0.5, 0.6) is 0 Å². The molecule has 0 fully saturated rings. The van der Waals surface area contributed by atoms with Crippen molar-refractivity contribution in [1.82, 2.24) is 9.88 Å². The van der Waals surface area contributed by atoms with Crippen LogP contribution in [-0.2, 0) is 13.5 Å². The summed E-state index contributed by atoms with van der Waals surface area (Å²) in [6.45, 7) is 4.10. The Morgan fingerprint density at radius 3 is 2.50 bits per heavy atom. The van der Waals surface area contributed by atoms with Crippen molar-refractivity contribution < 1.29 is 4.79 Å². The van der Waals surface area contributed by atoms with Gasteiger partial charge in [0, 0.05) is 13.2 Å². The molecule has 0 bridgehead atoms. The molecule has 1 heterocycles. The van der Waals surface area contributed by atoms with Crippen molar-refractivity contribution in [3.8, 4) is 0 Å². The zero-order valence-electron chi connectivity index (χ0n) is 12.2. The van der Waals surface area contributed by atoms with Gasteiger partial charge in [0.25, 0.3) is 5.91 Å². The van der Waals surface area contributed by atoms with Gasteiger partial charge in [-0.1, -0.05) is 31.2 Å². The first-order chi connectivity index (χ1) is 9.51. The highest BCUT2D eigenvalue weighted by Gasteiger charge is 2.14. The molecule has 0 saturated carbocycles. The van der Waals surface area contributed by atoms with Crippen molar-refractivity contribution in [3.05, 3.63) is 53.3 Å². The van der Waals surface area contributed by atoms with Gasteiger partial charge >= 0.3 is 0 Å². The Hall–Kier alpha value is -2.23. The Morgan fingerprint density at radius 1 is 1.35 bits per heavy atom. The zero-order chi connectivity index (χ0) is 14.7. The highest BCUT2D eigenvalue weighted by Crippen LogP contribution is 2.15. The van der Waals surface area contributed by atoms with E-state index < -0.39 is 0 Å². The van der Waals surface area contributed by atoms with Gasteiger partial charge in [-0.25, -0.2) is 0 Å². The molecule has 4 nitrogen and oxygen atoms in total. The molecule has 106 valence electrons. The Morgan fingerprint density at radius 2 is 2.00 bits per heavy atom. The Kier molecular flexibility index (Phi) is 4.13.